The predicted octanol–water partition coefficient (Wildman–Crippen LogP) is 3.62. The molecular formula is C26H27NO5. The quantitative estimate of drug-likeness (QED) is 0.425. The zero-order valence-corrected chi connectivity index (χ0v) is 17.8. The van der Waals surface area contributed by atoms with E-state index in [1.807, 2.05) is 24.3 Å². The fraction of sp³-hybridized carbons (Fsp3) is 0.269. The number of benzene rings is 3. The van der Waals surface area contributed by atoms with Gasteiger partial charge >= 0.3 is 5.97 Å². The molecule has 5 rings (SSSR count). The number of carboxylic acid groups (broad SMARTS) is 1. The molecule has 1 unspecified atom stereocenters. The van der Waals surface area contributed by atoms with Crippen LogP contribution in [-0.4, -0.2) is 41.0 Å². The topological polar surface area (TPSA) is 99.0 Å². The van der Waals surface area contributed by atoms with Crippen LogP contribution in [0.5, 0.6) is 17.2 Å². The first kappa shape index (κ1) is 21.7. The summed E-state index contributed by atoms with van der Waals surface area (Å²) in [4.78, 5) is 12.1. The van der Waals surface area contributed by atoms with Crippen LogP contribution in [0.15, 0.2) is 60.7 Å². The van der Waals surface area contributed by atoms with Gasteiger partial charge in [0.15, 0.2) is 0 Å². The molecule has 0 fully saturated rings. The molecule has 4 N–H and O–H groups in total. The van der Waals surface area contributed by atoms with Gasteiger partial charge in [0.25, 0.3) is 0 Å². The van der Waals surface area contributed by atoms with Gasteiger partial charge in [-0.25, -0.2) is 0 Å². The average Bonchev–Trinajstić information content (AvgIpc) is 2.79. The first-order valence-electron chi connectivity index (χ1n) is 10.8. The number of para-hydroxylation sites is 1. The maximum Gasteiger partial charge on any atom is 0.315 e. The Morgan fingerprint density at radius 1 is 0.938 bits per heavy atom. The van der Waals surface area contributed by atoms with Crippen LogP contribution in [0.2, 0.25) is 0 Å². The van der Waals surface area contributed by atoms with Crippen LogP contribution in [0.25, 0.3) is 0 Å². The van der Waals surface area contributed by atoms with Gasteiger partial charge in [-0.1, -0.05) is 42.5 Å². The van der Waals surface area contributed by atoms with Crippen molar-refractivity contribution in [3.63, 3.8) is 0 Å². The minimum atomic E-state index is -0.946. The standard InChI is InChI=1S/C26H27NO5/c28-23-4-2-1-3-17(23)11-14-27-15-12-19-7-10-21-22(25(19)29)13-16-32-20-8-5-18(6-9-20)24(21)26(30)31/h1-10,24,27-29H,11-16H2,(H,30,31). The number of rotatable bonds is 7. The predicted molar refractivity (Wildman–Crippen MR) is 122 cm³/mol. The highest BCUT2D eigenvalue weighted by molar-refractivity contribution is 5.81. The molecule has 3 aromatic rings. The second-order valence-corrected chi connectivity index (χ2v) is 7.96. The van der Waals surface area contributed by atoms with E-state index < -0.39 is 11.9 Å². The van der Waals surface area contributed by atoms with E-state index in [1.54, 1.807) is 36.4 Å². The van der Waals surface area contributed by atoms with E-state index in [9.17, 15) is 20.1 Å². The lowest BCUT2D eigenvalue weighted by atomic mass is 9.85. The molecule has 1 atom stereocenters. The Labute approximate surface area is 187 Å². The highest BCUT2D eigenvalue weighted by Gasteiger charge is 2.27. The second kappa shape index (κ2) is 9.75. The SMILES string of the molecule is O=C(O)C1c2ccc(cc2)OCCc2c1ccc(CCNCCc1ccccc1O)c2O. The molecule has 2 heterocycles. The summed E-state index contributed by atoms with van der Waals surface area (Å²) in [6.07, 6.45) is 1.74. The maximum atomic E-state index is 12.1. The van der Waals surface area contributed by atoms with E-state index in [-0.39, 0.29) is 5.75 Å². The van der Waals surface area contributed by atoms with Crippen molar-refractivity contribution >= 4 is 5.97 Å². The lowest BCUT2D eigenvalue weighted by molar-refractivity contribution is -0.137. The van der Waals surface area contributed by atoms with Gasteiger partial charge in [0.2, 0.25) is 0 Å². The van der Waals surface area contributed by atoms with Crippen LogP contribution in [0.3, 0.4) is 0 Å². The van der Waals surface area contributed by atoms with Crippen molar-refractivity contribution in [1.82, 2.24) is 5.32 Å². The van der Waals surface area contributed by atoms with Crippen LogP contribution in [-0.2, 0) is 24.1 Å². The Morgan fingerprint density at radius 2 is 1.66 bits per heavy atom. The third-order valence-electron chi connectivity index (χ3n) is 5.93. The Kier molecular flexibility index (Phi) is 6.61. The number of carbonyl (C=O) groups is 1. The van der Waals surface area contributed by atoms with Crippen LogP contribution in [0, 0.1) is 0 Å². The highest BCUT2D eigenvalue weighted by Crippen LogP contribution is 2.36. The van der Waals surface area contributed by atoms with Gasteiger partial charge < -0.3 is 25.4 Å². The first-order chi connectivity index (χ1) is 15.5. The molecule has 32 heavy (non-hydrogen) atoms. The van der Waals surface area contributed by atoms with Crippen LogP contribution in [0.4, 0.5) is 0 Å². The van der Waals surface area contributed by atoms with Gasteiger partial charge in [-0.2, -0.15) is 0 Å². The lowest BCUT2D eigenvalue weighted by Crippen LogP contribution is -2.21. The molecule has 0 aromatic heterocycles. The van der Waals surface area contributed by atoms with E-state index in [2.05, 4.69) is 5.32 Å². The summed E-state index contributed by atoms with van der Waals surface area (Å²) in [6.45, 7) is 1.71. The minimum absolute atomic E-state index is 0.148. The molecular weight excluding hydrogens is 406 g/mol. The Hall–Kier alpha value is -3.51. The van der Waals surface area contributed by atoms with Gasteiger partial charge in [0.1, 0.15) is 23.2 Å². The number of aliphatic carboxylic acids is 1. The van der Waals surface area contributed by atoms with E-state index in [4.69, 9.17) is 4.74 Å². The molecule has 2 aliphatic heterocycles. The monoisotopic (exact) mass is 433 g/mol. The van der Waals surface area contributed by atoms with Gasteiger partial charge in [0, 0.05) is 12.0 Å². The summed E-state index contributed by atoms with van der Waals surface area (Å²) >= 11 is 0. The van der Waals surface area contributed by atoms with Crippen molar-refractivity contribution in [2.45, 2.75) is 25.2 Å². The van der Waals surface area contributed by atoms with Crippen molar-refractivity contribution in [2.75, 3.05) is 19.7 Å². The number of phenols is 2. The van der Waals surface area contributed by atoms with E-state index in [1.165, 1.54) is 0 Å². The van der Waals surface area contributed by atoms with Crippen LogP contribution < -0.4 is 10.1 Å². The summed E-state index contributed by atoms with van der Waals surface area (Å²) in [5, 5.41) is 34.1. The molecule has 3 aromatic carbocycles. The molecule has 0 saturated carbocycles. The van der Waals surface area contributed by atoms with Crippen molar-refractivity contribution < 1.29 is 24.9 Å². The number of hydrogen-bond donors (Lipinski definition) is 4. The number of fused-ring (bicyclic) bond motifs is 4. The van der Waals surface area contributed by atoms with Crippen molar-refractivity contribution in [2.24, 2.45) is 0 Å². The van der Waals surface area contributed by atoms with Crippen LogP contribution >= 0.6 is 0 Å². The molecule has 0 amide bonds. The summed E-state index contributed by atoms with van der Waals surface area (Å²) in [6, 6.07) is 18.0. The molecule has 0 radical (unpaired) electrons. The number of hydrogen-bond acceptors (Lipinski definition) is 5. The third kappa shape index (κ3) is 4.70. The van der Waals surface area contributed by atoms with Crippen molar-refractivity contribution in [3.05, 3.63) is 88.5 Å². The Bertz CT molecular complexity index is 1090. The van der Waals surface area contributed by atoms with Gasteiger partial charge in [0.05, 0.1) is 6.61 Å². The lowest BCUT2D eigenvalue weighted by Gasteiger charge is -2.22. The van der Waals surface area contributed by atoms with E-state index >= 15 is 0 Å². The van der Waals surface area contributed by atoms with E-state index in [0.29, 0.717) is 67.1 Å². The summed E-state index contributed by atoms with van der Waals surface area (Å²) in [5.41, 5.74) is 3.55. The number of phenolic OH excluding ortho intramolecular Hbond substituents is 2. The second-order valence-electron chi connectivity index (χ2n) is 7.96. The molecule has 2 aliphatic rings. The van der Waals surface area contributed by atoms with E-state index in [0.717, 1.165) is 11.1 Å². The van der Waals surface area contributed by atoms with Crippen molar-refractivity contribution in [3.8, 4) is 17.2 Å². The number of aromatic hydroxyl groups is 2. The van der Waals surface area contributed by atoms with Crippen molar-refractivity contribution in [1.29, 1.82) is 0 Å². The third-order valence-corrected chi connectivity index (χ3v) is 5.93. The summed E-state index contributed by atoms with van der Waals surface area (Å²) in [5.74, 6) is -0.655. The largest absolute Gasteiger partial charge is 0.508 e. The Balaban J connectivity index is 1.48. The zero-order chi connectivity index (χ0) is 22.5. The number of ether oxygens (including phenoxy) is 1. The fourth-order valence-corrected chi connectivity index (χ4v) is 4.21. The number of nitrogens with one attached hydrogen (secondary N) is 1. The van der Waals surface area contributed by atoms with Gasteiger partial charge in [-0.05, 0) is 66.4 Å². The van der Waals surface area contributed by atoms with Crippen LogP contribution in [0.1, 0.15) is 33.7 Å². The molecule has 6 heteroatoms. The zero-order valence-electron chi connectivity index (χ0n) is 17.8. The molecule has 2 bridgehead atoms. The molecule has 0 saturated heterocycles. The highest BCUT2D eigenvalue weighted by atomic mass is 16.5. The summed E-state index contributed by atoms with van der Waals surface area (Å²) in [7, 11) is 0. The molecule has 6 nitrogen and oxygen atoms in total. The summed E-state index contributed by atoms with van der Waals surface area (Å²) < 4.78 is 5.76. The molecule has 0 aliphatic carbocycles. The molecule has 0 spiro atoms. The smallest absolute Gasteiger partial charge is 0.315 e. The Morgan fingerprint density at radius 3 is 2.38 bits per heavy atom. The van der Waals surface area contributed by atoms with Gasteiger partial charge in [-0.3, -0.25) is 4.79 Å². The van der Waals surface area contributed by atoms with Gasteiger partial charge in [-0.15, -0.1) is 0 Å². The normalized spacial score (nSPS) is 15.1. The number of carboxylic acids is 1. The minimum Gasteiger partial charge on any atom is -0.508 e. The average molecular weight is 434 g/mol. The first-order valence-corrected chi connectivity index (χ1v) is 10.8. The maximum absolute atomic E-state index is 12.1. The fourth-order valence-electron chi connectivity index (χ4n) is 4.21. The molecule has 166 valence electrons.